The first-order chi connectivity index (χ1) is 19.0. The molecule has 0 aliphatic carbocycles. The van der Waals surface area contributed by atoms with Crippen molar-refractivity contribution >= 4 is 111 Å². The molecule has 0 bridgehead atoms. The van der Waals surface area contributed by atoms with Gasteiger partial charge in [0.25, 0.3) is 0 Å². The molecular formula is C22H32Ca2N4O14. The predicted octanol–water partition coefficient (Wildman–Crippen LogP) is -10.1. The van der Waals surface area contributed by atoms with Crippen molar-refractivity contribution in [1.82, 2.24) is 20.4 Å². The molecule has 1 aliphatic rings. The van der Waals surface area contributed by atoms with E-state index in [1.54, 1.807) is 9.80 Å². The minimum Gasteiger partial charge on any atom is -0.547 e. The van der Waals surface area contributed by atoms with E-state index in [9.17, 15) is 49.2 Å². The van der Waals surface area contributed by atoms with Gasteiger partial charge in [0.1, 0.15) is 12.1 Å². The van der Waals surface area contributed by atoms with Crippen LogP contribution in [0.5, 0.6) is 0 Å². The van der Waals surface area contributed by atoms with Crippen LogP contribution in [0.15, 0.2) is 0 Å². The Morgan fingerprint density at radius 1 is 0.500 bits per heavy atom. The summed E-state index contributed by atoms with van der Waals surface area (Å²) in [4.78, 5) is 70.7. The molecule has 18 nitrogen and oxygen atoms in total. The predicted molar refractivity (Wildman–Crippen MR) is 132 cm³/mol. The number of carboxylic acid groups (broad SMARTS) is 4. The second-order valence-corrected chi connectivity index (χ2v) is 8.28. The number of carboxylic acids is 4. The van der Waals surface area contributed by atoms with E-state index in [0.717, 1.165) is 0 Å². The summed E-state index contributed by atoms with van der Waals surface area (Å²) in [6.07, 6.45) is 0. The van der Waals surface area contributed by atoms with Crippen molar-refractivity contribution < 1.29 is 68.1 Å². The summed E-state index contributed by atoms with van der Waals surface area (Å²) in [5.41, 5.74) is 0. The van der Waals surface area contributed by atoms with Gasteiger partial charge >= 0.3 is 75.5 Å². The molecule has 0 radical (unpaired) electrons. The molecule has 1 rings (SSSR count). The third-order valence-corrected chi connectivity index (χ3v) is 5.24. The number of aliphatic carboxylic acids is 4. The van der Waals surface area contributed by atoms with Gasteiger partial charge < -0.3 is 69.2 Å². The van der Waals surface area contributed by atoms with Crippen LogP contribution < -0.4 is 31.1 Å². The Kier molecular flexibility index (Phi) is 26.2. The molecule has 20 heteroatoms. The van der Waals surface area contributed by atoms with Gasteiger partial charge in [0.15, 0.2) is 0 Å². The van der Waals surface area contributed by atoms with Crippen LogP contribution in [0.4, 0.5) is 0 Å². The largest absolute Gasteiger partial charge is 2.00 e. The first kappa shape index (κ1) is 43.2. The average Bonchev–Trinajstić information content (AvgIpc) is 2.87. The maximum atomic E-state index is 12.1. The summed E-state index contributed by atoms with van der Waals surface area (Å²) in [6.45, 7) is 1.43. The van der Waals surface area contributed by atoms with Gasteiger partial charge in [0.2, 0.25) is 11.8 Å². The van der Waals surface area contributed by atoms with E-state index in [0.29, 0.717) is 0 Å². The van der Waals surface area contributed by atoms with Crippen molar-refractivity contribution in [2.24, 2.45) is 0 Å². The van der Waals surface area contributed by atoms with Crippen LogP contribution in [0.1, 0.15) is 0 Å². The topological polar surface area (TPSA) is 262 Å². The number of rotatable bonds is 10. The summed E-state index contributed by atoms with van der Waals surface area (Å²) in [7, 11) is 0. The Balaban J connectivity index is 0. The number of carbonyl (C=O) groups is 6. The van der Waals surface area contributed by atoms with Crippen LogP contribution >= 0.6 is 0 Å². The number of hydrogen-bond donors (Lipinski definition) is 2. The van der Waals surface area contributed by atoms with Crippen molar-refractivity contribution in [3.05, 3.63) is 0 Å². The molecule has 1 heterocycles. The van der Waals surface area contributed by atoms with Crippen molar-refractivity contribution in [1.29, 1.82) is 0 Å². The molecule has 0 aromatic rings. The second kappa shape index (κ2) is 25.4. The van der Waals surface area contributed by atoms with E-state index in [1.165, 1.54) is 0 Å². The molecule has 0 aromatic heterocycles. The van der Waals surface area contributed by atoms with Crippen LogP contribution in [-0.2, 0) is 47.7 Å². The standard InChI is InChI=1S/C22H36N4O14.2Ca/c27-15(23-17(19(29)30)20(31)32)13-25-1-5-37-9-10-39-7-3-26(4-8-40-12-11-38-6-2-25)14-16(28)24-18(21(33)34)22(35)36;;/h17-18H,1-14H2,(H,23,27)(H,24,28)(H,29,30)(H,31,32)(H,33,34)(H,35,36);;/q;2*+2/p-4. The van der Waals surface area contributed by atoms with E-state index >= 15 is 0 Å². The average molecular weight is 657 g/mol. The number of carbonyl (C=O) groups excluding carboxylic acids is 6. The Labute approximate surface area is 301 Å². The normalized spacial score (nSPS) is 17.0. The van der Waals surface area contributed by atoms with E-state index in [1.807, 2.05) is 10.6 Å². The van der Waals surface area contributed by atoms with E-state index in [2.05, 4.69) is 0 Å². The molecule has 2 N–H and O–H groups in total. The Morgan fingerprint density at radius 3 is 0.952 bits per heavy atom. The first-order valence-corrected chi connectivity index (χ1v) is 12.2. The van der Waals surface area contributed by atoms with E-state index in [4.69, 9.17) is 18.9 Å². The fourth-order valence-corrected chi connectivity index (χ4v) is 3.21. The Morgan fingerprint density at radius 2 is 0.738 bits per heavy atom. The number of ether oxygens (including phenoxy) is 4. The third kappa shape index (κ3) is 20.1. The van der Waals surface area contributed by atoms with E-state index < -0.39 is 47.8 Å². The van der Waals surface area contributed by atoms with Gasteiger partial charge in [-0.1, -0.05) is 0 Å². The summed E-state index contributed by atoms with van der Waals surface area (Å²) < 4.78 is 21.8. The Hall–Kier alpha value is -0.901. The SMILES string of the molecule is O=C(CN1CCOCCOCCN(CC(=O)NC(C(=O)[O-])C(=O)[O-])CCOCCOCC1)NC(C(=O)[O-])C(=O)[O-].[Ca+2].[Ca+2]. The van der Waals surface area contributed by atoms with Crippen LogP contribution in [0.3, 0.4) is 0 Å². The zero-order valence-corrected chi connectivity index (χ0v) is 27.5. The fraction of sp³-hybridized carbons (Fsp3) is 0.727. The van der Waals surface area contributed by atoms with E-state index in [-0.39, 0.29) is 168 Å². The minimum atomic E-state index is -2.29. The first-order valence-electron chi connectivity index (χ1n) is 12.2. The summed E-state index contributed by atoms with van der Waals surface area (Å²) in [5, 5.41) is 47.0. The summed E-state index contributed by atoms with van der Waals surface area (Å²) in [6, 6.07) is -4.58. The second-order valence-electron chi connectivity index (χ2n) is 8.28. The molecule has 0 spiro atoms. The molecule has 0 saturated carbocycles. The maximum Gasteiger partial charge on any atom is 2.00 e. The summed E-state index contributed by atoms with van der Waals surface area (Å²) in [5.74, 6) is -9.78. The molecule has 0 unspecified atom stereocenters. The van der Waals surface area contributed by atoms with Gasteiger partial charge in [0.05, 0.1) is 89.8 Å². The minimum absolute atomic E-state index is 0. The van der Waals surface area contributed by atoms with Crippen LogP contribution in [0.25, 0.3) is 0 Å². The van der Waals surface area contributed by atoms with Gasteiger partial charge in [-0.2, -0.15) is 0 Å². The monoisotopic (exact) mass is 656 g/mol. The van der Waals surface area contributed by atoms with Crippen LogP contribution in [-0.4, -0.2) is 225 Å². The quantitative estimate of drug-likeness (QED) is 0.163. The van der Waals surface area contributed by atoms with Crippen LogP contribution in [0.2, 0.25) is 0 Å². The molecule has 1 fully saturated rings. The Bertz CT molecular complexity index is 753. The number of nitrogens with one attached hydrogen (secondary N) is 2. The molecule has 1 aliphatic heterocycles. The van der Waals surface area contributed by atoms with Gasteiger partial charge in [0, 0.05) is 26.2 Å². The number of nitrogens with zero attached hydrogens (tertiary/aromatic N) is 2. The third-order valence-electron chi connectivity index (χ3n) is 5.24. The maximum absolute atomic E-state index is 12.1. The van der Waals surface area contributed by atoms with Crippen molar-refractivity contribution in [3.8, 4) is 0 Å². The van der Waals surface area contributed by atoms with Crippen molar-refractivity contribution in [2.75, 3.05) is 92.1 Å². The zero-order chi connectivity index (χ0) is 29.9. The molecular weight excluding hydrogens is 624 g/mol. The van der Waals surface area contributed by atoms with Crippen LogP contribution in [0, 0.1) is 0 Å². The molecule has 228 valence electrons. The molecule has 1 saturated heterocycles. The molecule has 0 atom stereocenters. The smallest absolute Gasteiger partial charge is 0.547 e. The van der Waals surface area contributed by atoms with Gasteiger partial charge in [-0.3, -0.25) is 19.4 Å². The molecule has 2 amide bonds. The van der Waals surface area contributed by atoms with Gasteiger partial charge in [-0.05, 0) is 0 Å². The molecule has 0 aromatic carbocycles. The van der Waals surface area contributed by atoms with Gasteiger partial charge in [-0.15, -0.1) is 0 Å². The van der Waals surface area contributed by atoms with Crippen molar-refractivity contribution in [3.63, 3.8) is 0 Å². The van der Waals surface area contributed by atoms with Gasteiger partial charge in [-0.25, -0.2) is 0 Å². The van der Waals surface area contributed by atoms with Crippen molar-refractivity contribution in [2.45, 2.75) is 12.1 Å². The number of amides is 2. The summed E-state index contributed by atoms with van der Waals surface area (Å²) >= 11 is 0. The zero-order valence-electron chi connectivity index (χ0n) is 23.1. The number of hydrogen-bond acceptors (Lipinski definition) is 16. The fourth-order valence-electron chi connectivity index (χ4n) is 3.21. The molecule has 42 heavy (non-hydrogen) atoms.